The molecule has 4 rings (SSSR count). The number of nitrogens with one attached hydrogen (secondary N) is 1. The van der Waals surface area contributed by atoms with Crippen LogP contribution >= 0.6 is 0 Å². The number of rotatable bonds is 5. The van der Waals surface area contributed by atoms with Crippen molar-refractivity contribution in [3.63, 3.8) is 0 Å². The summed E-state index contributed by atoms with van der Waals surface area (Å²) in [5.41, 5.74) is 1.73. The van der Waals surface area contributed by atoms with Crippen LogP contribution in [-0.2, 0) is 4.79 Å². The maximum atomic E-state index is 12.5. The van der Waals surface area contributed by atoms with Gasteiger partial charge in [-0.05, 0) is 43.9 Å². The number of ether oxygens (including phenoxy) is 1. The van der Waals surface area contributed by atoms with Gasteiger partial charge in [-0.2, -0.15) is 5.10 Å². The maximum absolute atomic E-state index is 12.5. The van der Waals surface area contributed by atoms with Crippen LogP contribution in [0.3, 0.4) is 0 Å². The Bertz CT molecular complexity index is 992. The zero-order valence-corrected chi connectivity index (χ0v) is 15.7. The number of hydrogen-bond donors (Lipinski definition) is 1. The highest BCUT2D eigenvalue weighted by Gasteiger charge is 2.23. The molecule has 2 heterocycles. The molecule has 7 heteroatoms. The molecule has 144 valence electrons. The summed E-state index contributed by atoms with van der Waals surface area (Å²) in [4.78, 5) is 27.5. The number of hydrogen-bond acceptors (Lipinski definition) is 5. The Morgan fingerprint density at radius 2 is 2.07 bits per heavy atom. The van der Waals surface area contributed by atoms with Gasteiger partial charge in [0.25, 0.3) is 5.91 Å². The van der Waals surface area contributed by atoms with E-state index in [4.69, 9.17) is 9.84 Å². The fourth-order valence-electron chi connectivity index (χ4n) is 3.71. The second kappa shape index (κ2) is 7.80. The second-order valence-corrected chi connectivity index (χ2v) is 7.09. The molecule has 1 saturated carbocycles. The summed E-state index contributed by atoms with van der Waals surface area (Å²) in [5.74, 6) is 0.430. The van der Waals surface area contributed by atoms with Crippen LogP contribution in [0.15, 0.2) is 42.7 Å². The topological polar surface area (TPSA) is 86.1 Å². The van der Waals surface area contributed by atoms with E-state index in [0.717, 1.165) is 42.9 Å². The van der Waals surface area contributed by atoms with Crippen LogP contribution in [0.2, 0.25) is 0 Å². The van der Waals surface area contributed by atoms with Gasteiger partial charge in [-0.25, -0.2) is 0 Å². The van der Waals surface area contributed by atoms with E-state index in [9.17, 15) is 9.59 Å². The Hall–Kier alpha value is -3.22. The van der Waals surface area contributed by atoms with Crippen LogP contribution in [0, 0.1) is 5.92 Å². The van der Waals surface area contributed by atoms with Gasteiger partial charge in [-0.1, -0.05) is 6.07 Å². The molecule has 0 unspecified atom stereocenters. The van der Waals surface area contributed by atoms with Gasteiger partial charge >= 0.3 is 0 Å². The first-order chi connectivity index (χ1) is 13.7. The molecule has 1 amide bonds. The first kappa shape index (κ1) is 18.2. The summed E-state index contributed by atoms with van der Waals surface area (Å²) in [6, 6.07) is 9.19. The van der Waals surface area contributed by atoms with Gasteiger partial charge in [-0.15, -0.1) is 0 Å². The molecule has 7 nitrogen and oxygen atoms in total. The number of carbonyl (C=O) groups excluding carboxylic acids is 2. The molecule has 2 aromatic heterocycles. The number of nitrogens with zero attached hydrogens (tertiary/aromatic N) is 3. The van der Waals surface area contributed by atoms with Crippen molar-refractivity contribution < 1.29 is 14.3 Å². The van der Waals surface area contributed by atoms with Crippen molar-refractivity contribution in [3.8, 4) is 5.75 Å². The minimum Gasteiger partial charge on any atom is -0.494 e. The Balaban J connectivity index is 1.60. The second-order valence-electron chi connectivity index (χ2n) is 7.09. The van der Waals surface area contributed by atoms with Gasteiger partial charge in [0.15, 0.2) is 0 Å². The van der Waals surface area contributed by atoms with Crippen LogP contribution in [0.4, 0.5) is 5.69 Å². The van der Waals surface area contributed by atoms with E-state index in [1.54, 1.807) is 31.5 Å². The lowest BCUT2D eigenvalue weighted by molar-refractivity contribution is -0.112. The highest BCUT2D eigenvalue weighted by molar-refractivity contribution is 6.05. The van der Waals surface area contributed by atoms with Crippen molar-refractivity contribution in [2.75, 3.05) is 12.4 Å². The predicted molar refractivity (Wildman–Crippen MR) is 106 cm³/mol. The third kappa shape index (κ3) is 3.60. The smallest absolute Gasteiger partial charge is 0.274 e. The summed E-state index contributed by atoms with van der Waals surface area (Å²) in [6.45, 7) is 0. The number of methoxy groups -OCH3 is 1. The van der Waals surface area contributed by atoms with E-state index in [-0.39, 0.29) is 11.8 Å². The quantitative estimate of drug-likeness (QED) is 0.685. The average molecular weight is 378 g/mol. The van der Waals surface area contributed by atoms with Gasteiger partial charge in [0.2, 0.25) is 0 Å². The number of carbonyl (C=O) groups is 2. The molecule has 1 aliphatic carbocycles. The lowest BCUT2D eigenvalue weighted by Gasteiger charge is -2.25. The van der Waals surface area contributed by atoms with Crippen molar-refractivity contribution in [2.45, 2.75) is 31.7 Å². The highest BCUT2D eigenvalue weighted by atomic mass is 16.5. The van der Waals surface area contributed by atoms with Crippen LogP contribution in [0.5, 0.6) is 5.75 Å². The van der Waals surface area contributed by atoms with Crippen LogP contribution < -0.4 is 10.1 Å². The lowest BCUT2D eigenvalue weighted by Crippen LogP contribution is -2.19. The number of aldehydes is 1. The maximum Gasteiger partial charge on any atom is 0.274 e. The number of amides is 1. The number of benzene rings is 1. The summed E-state index contributed by atoms with van der Waals surface area (Å²) in [6.07, 6.45) is 8.33. The molecule has 1 aromatic carbocycles. The summed E-state index contributed by atoms with van der Waals surface area (Å²) >= 11 is 0. The third-order valence-electron chi connectivity index (χ3n) is 5.30. The Kier molecular flexibility index (Phi) is 5.06. The minimum absolute atomic E-state index is 0.176. The van der Waals surface area contributed by atoms with Crippen molar-refractivity contribution in [3.05, 3.63) is 48.4 Å². The molecule has 0 radical (unpaired) electrons. The Labute approximate surface area is 162 Å². The van der Waals surface area contributed by atoms with Gasteiger partial charge in [0.1, 0.15) is 17.7 Å². The van der Waals surface area contributed by atoms with E-state index in [1.807, 2.05) is 23.0 Å². The van der Waals surface area contributed by atoms with E-state index in [2.05, 4.69) is 10.3 Å². The third-order valence-corrected chi connectivity index (χ3v) is 5.30. The number of fused-ring (bicyclic) bond motifs is 1. The van der Waals surface area contributed by atoms with Gasteiger partial charge < -0.3 is 14.8 Å². The fraction of sp³-hybridized carbons (Fsp3) is 0.333. The SMILES string of the molecule is COc1cc2nn([C@H]3CC[C@H](C=O)CC3)cc2cc1NC(=O)c1ccccn1. The van der Waals surface area contributed by atoms with E-state index in [1.165, 1.54) is 0 Å². The Morgan fingerprint density at radius 1 is 1.25 bits per heavy atom. The van der Waals surface area contributed by atoms with E-state index in [0.29, 0.717) is 23.2 Å². The number of pyridine rings is 1. The van der Waals surface area contributed by atoms with E-state index >= 15 is 0 Å². The monoisotopic (exact) mass is 378 g/mol. The van der Waals surface area contributed by atoms with Gasteiger partial charge in [0, 0.05) is 29.8 Å². The summed E-state index contributed by atoms with van der Waals surface area (Å²) in [7, 11) is 1.56. The molecule has 0 aliphatic heterocycles. The van der Waals surface area contributed by atoms with Crippen molar-refractivity contribution in [1.82, 2.24) is 14.8 Å². The molecule has 0 spiro atoms. The Morgan fingerprint density at radius 3 is 2.75 bits per heavy atom. The molecule has 0 saturated heterocycles. The zero-order chi connectivity index (χ0) is 19.5. The molecule has 1 fully saturated rings. The highest BCUT2D eigenvalue weighted by Crippen LogP contribution is 2.34. The van der Waals surface area contributed by atoms with Crippen LogP contribution in [-0.4, -0.2) is 34.1 Å². The summed E-state index contributed by atoms with van der Waals surface area (Å²) < 4.78 is 7.43. The van der Waals surface area contributed by atoms with Gasteiger partial charge in [-0.3, -0.25) is 14.5 Å². The summed E-state index contributed by atoms with van der Waals surface area (Å²) in [5, 5.41) is 8.49. The van der Waals surface area contributed by atoms with Crippen LogP contribution in [0.1, 0.15) is 42.2 Å². The predicted octanol–water partition coefficient (Wildman–Crippen LogP) is 3.62. The lowest BCUT2D eigenvalue weighted by atomic mass is 9.87. The molecule has 0 atom stereocenters. The number of aromatic nitrogens is 3. The van der Waals surface area contributed by atoms with Crippen molar-refractivity contribution >= 4 is 28.8 Å². The molecule has 0 bridgehead atoms. The van der Waals surface area contributed by atoms with E-state index < -0.39 is 0 Å². The standard InChI is InChI=1S/C21H22N4O3/c1-28-20-11-18-15(10-19(20)23-21(27)17-4-2-3-9-22-17)12-25(24-18)16-7-5-14(13-26)6-8-16/h2-4,9-14,16H,5-8H2,1H3,(H,23,27)/t14-,16-. The molecular formula is C21H22N4O3. The molecule has 28 heavy (non-hydrogen) atoms. The first-order valence-corrected chi connectivity index (χ1v) is 9.42. The van der Waals surface area contributed by atoms with Crippen molar-refractivity contribution in [2.24, 2.45) is 5.92 Å². The van der Waals surface area contributed by atoms with Crippen molar-refractivity contribution in [1.29, 1.82) is 0 Å². The first-order valence-electron chi connectivity index (χ1n) is 9.42. The largest absolute Gasteiger partial charge is 0.494 e. The average Bonchev–Trinajstić information content (AvgIpc) is 3.16. The molecular weight excluding hydrogens is 356 g/mol. The molecule has 3 aromatic rings. The molecule has 1 N–H and O–H groups in total. The number of anilines is 1. The normalized spacial score (nSPS) is 19.3. The van der Waals surface area contributed by atoms with Gasteiger partial charge in [0.05, 0.1) is 24.4 Å². The minimum atomic E-state index is -0.294. The van der Waals surface area contributed by atoms with Crippen LogP contribution in [0.25, 0.3) is 10.9 Å². The molecule has 1 aliphatic rings. The zero-order valence-electron chi connectivity index (χ0n) is 15.7. The fourth-order valence-corrected chi connectivity index (χ4v) is 3.71.